The number of alkyl halides is 2. The maximum absolute atomic E-state index is 15.5. The van der Waals surface area contributed by atoms with E-state index in [0.29, 0.717) is 18.8 Å². The number of hydrogen-bond donors (Lipinski definition) is 4. The van der Waals surface area contributed by atoms with E-state index in [1.54, 1.807) is 56.3 Å². The van der Waals surface area contributed by atoms with Crippen LogP contribution in [0.5, 0.6) is 17.2 Å². The average Bonchev–Trinajstić information content (AvgIpc) is 1.73. The monoisotopic (exact) mass is 1870 g/mol. The summed E-state index contributed by atoms with van der Waals surface area (Å²) in [5, 5.41) is 31.3. The molecule has 35 heteroatoms. The van der Waals surface area contributed by atoms with Crippen LogP contribution in [0.2, 0.25) is 0 Å². The van der Waals surface area contributed by atoms with Crippen LogP contribution < -0.4 is 31.9 Å². The van der Waals surface area contributed by atoms with Crippen molar-refractivity contribution in [3.8, 4) is 17.2 Å². The van der Waals surface area contributed by atoms with Gasteiger partial charge in [0.25, 0.3) is 0 Å². The fourth-order valence-corrected chi connectivity index (χ4v) is 11.5. The molecule has 4 N–H and O–H groups in total. The molecule has 4 heterocycles. The van der Waals surface area contributed by atoms with E-state index in [1.807, 2.05) is 0 Å². The number of rotatable bonds is 20. The number of aliphatic hydroxyl groups excluding tert-OH is 3. The van der Waals surface area contributed by atoms with Gasteiger partial charge in [-0.15, -0.1) is 0 Å². The van der Waals surface area contributed by atoms with Gasteiger partial charge in [0.1, 0.15) is 42.0 Å². The van der Waals surface area contributed by atoms with E-state index in [0.717, 1.165) is 35.9 Å². The van der Waals surface area contributed by atoms with Gasteiger partial charge in [-0.2, -0.15) is 13.9 Å². The van der Waals surface area contributed by atoms with Gasteiger partial charge < -0.3 is 47.8 Å². The van der Waals surface area contributed by atoms with Gasteiger partial charge in [-0.25, -0.2) is 31.1 Å². The summed E-state index contributed by atoms with van der Waals surface area (Å²) in [5.41, 5.74) is -3.99. The molecule has 498 valence electrons. The summed E-state index contributed by atoms with van der Waals surface area (Å²) < 4.78 is 167. The topological polar surface area (TPSA) is 273 Å². The van der Waals surface area contributed by atoms with Crippen LogP contribution in [0.4, 0.5) is 30.7 Å². The number of esters is 2. The molecule has 0 spiro atoms. The van der Waals surface area contributed by atoms with Crippen LogP contribution in [0.1, 0.15) is 68.2 Å². The van der Waals surface area contributed by atoms with Crippen LogP contribution in [0.15, 0.2) is 97.4 Å². The summed E-state index contributed by atoms with van der Waals surface area (Å²) in [5.74, 6) is -17.2. The number of carbonyl (C=O) groups excluding carboxylic acids is 5. The first kappa shape index (κ1) is 80.4. The summed E-state index contributed by atoms with van der Waals surface area (Å²) in [6.45, 7) is 14.0. The van der Waals surface area contributed by atoms with E-state index in [-0.39, 0.29) is 42.4 Å². The summed E-state index contributed by atoms with van der Waals surface area (Å²) in [7, 11) is -8.92. The second-order valence-electron chi connectivity index (χ2n) is 20.3. The number of nitrogens with one attached hydrogen (secondary N) is 1. The fraction of sp³-hybridized carbons (Fsp3) is 0.463. The van der Waals surface area contributed by atoms with Crippen LogP contribution in [-0.2, 0) is 56.6 Å². The van der Waals surface area contributed by atoms with E-state index in [9.17, 15) is 69.7 Å². The predicted molar refractivity (Wildman–Crippen MR) is 338 cm³/mol. The normalized spacial score (nSPS) is 24.9. The molecule has 3 aromatic rings. The zero-order valence-electron chi connectivity index (χ0n) is 48.4. The molecule has 2 saturated heterocycles. The van der Waals surface area contributed by atoms with Crippen molar-refractivity contribution in [3.05, 3.63) is 126 Å². The predicted octanol–water partition coefficient (Wildman–Crippen LogP) is 8.51. The SMILES string of the molecule is C=C1C=CN([C@@H]2O[C@H](CO[P@@](=O)(C[C@@H](C)C(=O)OC(C)C)Oc3ccccc3)[C@@H](O)[C@@]2(C)F)C(=O)C1.CC(C)OC(=O)[C@@H](C)N[P@](=O)(Oc1ccccc1)Oc1c(F)c(F)c(F)c(F)c1F.C[C@@]1(F)[C@H](O)[C@@H](CO)O[C@H]1N1C=CC(=O)CC1=O.II.I[I-]I. The zero-order valence-corrected chi connectivity index (χ0v) is 61.0. The third-order valence-corrected chi connectivity index (χ3v) is 16.0. The summed E-state index contributed by atoms with van der Waals surface area (Å²) in [6.07, 6.45) is -4.72. The number of benzene rings is 3. The molecule has 0 aromatic heterocycles. The van der Waals surface area contributed by atoms with E-state index in [4.69, 9.17) is 37.6 Å². The van der Waals surface area contributed by atoms with Gasteiger partial charge in [0.15, 0.2) is 29.6 Å². The van der Waals surface area contributed by atoms with E-state index in [1.165, 1.54) is 58.2 Å². The van der Waals surface area contributed by atoms with E-state index in [2.05, 4.69) is 90.7 Å². The molecule has 2 amide bonds. The number of ketones is 1. The van der Waals surface area contributed by atoms with Gasteiger partial charge in [0.05, 0.1) is 50.3 Å². The Morgan fingerprint density at radius 2 is 1.13 bits per heavy atom. The number of allylic oxidation sites excluding steroid dienone is 2. The summed E-state index contributed by atoms with van der Waals surface area (Å²) in [6, 6.07) is 13.9. The number of para-hydroxylation sites is 2. The van der Waals surface area contributed by atoms with E-state index >= 15 is 4.39 Å². The van der Waals surface area contributed by atoms with Gasteiger partial charge in [-0.1, -0.05) is 49.9 Å². The Hall–Kier alpha value is -2.83. The summed E-state index contributed by atoms with van der Waals surface area (Å²) >= 11 is 9.54. The maximum atomic E-state index is 15.5. The van der Waals surface area contributed by atoms with Crippen molar-refractivity contribution in [1.82, 2.24) is 14.9 Å². The minimum absolute atomic E-state index is 0.00577. The molecule has 89 heavy (non-hydrogen) atoms. The zero-order chi connectivity index (χ0) is 67.5. The van der Waals surface area contributed by atoms with Crippen molar-refractivity contribution in [2.24, 2.45) is 5.92 Å². The number of ether oxygens (including phenoxy) is 4. The van der Waals surface area contributed by atoms with Gasteiger partial charge in [-0.3, -0.25) is 38.3 Å². The van der Waals surface area contributed by atoms with Crippen LogP contribution in [0.3, 0.4) is 0 Å². The third-order valence-electron chi connectivity index (χ3n) is 12.4. The van der Waals surface area contributed by atoms with Crippen molar-refractivity contribution >= 4 is 119 Å². The standard InChI is InChI=1S/C25H33FNO8P.C18H17F5NO5P.C11H14FNO5.I3.I2/c1-16(2)33-23(30)18(4)15-36(31,35-19-9-7-6-8-10-19)32-14-20-22(29)25(5,26)24(34-20)27-12-11-17(3)13-21(27)28;1-9(2)27-18(25)10(3)24-30(26,28-11-7-5-4-6-8-11)29-17-15(22)13(20)12(19)14(21)16(17)23;1-11(12)9(17)7(5-14)18-10(11)13-3-2-6(15)4-8(13)16;1-3-2;1-2/h6-12,16,18,20,22,24,29H,3,13-15H2,1-2,4-5H3;4-10H,1-3H3,(H,24,26);2-3,7,9-10,14,17H,4-5H2,1H3;;/q;;;-1;/t18-,20-,22-,24-,25-,36+;10-,30+;7-,9-,10-,11-;;/m111../s1. The van der Waals surface area contributed by atoms with Crippen LogP contribution in [0.25, 0.3) is 0 Å². The Balaban J connectivity index is 0.000000351. The molecule has 4 aliphatic rings. The number of nitrogens with zero attached hydrogens (tertiary/aromatic N) is 2. The molecule has 12 atom stereocenters. The first-order valence-electron chi connectivity index (χ1n) is 26.2. The Morgan fingerprint density at radius 1 is 0.708 bits per heavy atom. The number of aliphatic hydroxyl groups is 3. The quantitative estimate of drug-likeness (QED) is 0.0157. The van der Waals surface area contributed by atoms with Gasteiger partial charge in [-0.05, 0) is 90.5 Å². The molecule has 0 radical (unpaired) electrons. The Morgan fingerprint density at radius 3 is 1.58 bits per heavy atom. The fourth-order valence-electron chi connectivity index (χ4n) is 8.10. The van der Waals surface area contributed by atoms with Gasteiger partial charge in [0, 0.05) is 49.6 Å². The number of halogens is 12. The van der Waals surface area contributed by atoms with Crippen LogP contribution >= 0.6 is 89.8 Å². The molecule has 3 aromatic carbocycles. The first-order valence-corrected chi connectivity index (χ1v) is 48.3. The van der Waals surface area contributed by atoms with Crippen LogP contribution in [-0.4, -0.2) is 140 Å². The summed E-state index contributed by atoms with van der Waals surface area (Å²) in [4.78, 5) is 61.4. The van der Waals surface area contributed by atoms with Gasteiger partial charge in [0.2, 0.25) is 46.6 Å². The molecular weight excluding hydrogens is 1810 g/mol. The van der Waals surface area contributed by atoms with Crippen LogP contribution in [0, 0.1) is 35.0 Å². The molecule has 4 aliphatic heterocycles. The molecular formula is C54H64F7I5N3O18P2-. The van der Waals surface area contributed by atoms with Crippen molar-refractivity contribution in [3.63, 3.8) is 0 Å². The van der Waals surface area contributed by atoms with Gasteiger partial charge >= 0.3 is 77.8 Å². The van der Waals surface area contributed by atoms with Crippen molar-refractivity contribution in [2.45, 2.75) is 135 Å². The minimum atomic E-state index is -4.91. The molecule has 0 unspecified atom stereocenters. The van der Waals surface area contributed by atoms with Crippen molar-refractivity contribution in [1.29, 1.82) is 0 Å². The van der Waals surface area contributed by atoms with Crippen molar-refractivity contribution < 1.29 is 129 Å². The second-order valence-corrected chi connectivity index (χ2v) is 40.2. The second kappa shape index (κ2) is 36.7. The number of carbonyl (C=O) groups is 5. The Labute approximate surface area is 561 Å². The van der Waals surface area contributed by atoms with E-state index < -0.39 is 153 Å². The van der Waals surface area contributed by atoms with Crippen molar-refractivity contribution in [2.75, 3.05) is 19.4 Å². The average molecular weight is 1870 g/mol. The number of hydrogen-bond acceptors (Lipinski definition) is 18. The number of amides is 2. The molecule has 7 rings (SSSR count). The molecule has 0 aliphatic carbocycles. The molecule has 21 nitrogen and oxygen atoms in total. The molecule has 2 fully saturated rings. The first-order chi connectivity index (χ1) is 41.6. The third kappa shape index (κ3) is 23.0. The Kier molecular flexibility index (Phi) is 33.2. The Bertz CT molecular complexity index is 3050. The molecule has 0 bridgehead atoms. The molecule has 0 saturated carbocycles.